The lowest BCUT2D eigenvalue weighted by molar-refractivity contribution is 0.0983. The van der Waals surface area contributed by atoms with Crippen LogP contribution in [0.1, 0.15) is 32.8 Å². The van der Waals surface area contributed by atoms with Gasteiger partial charge in [-0.25, -0.2) is 13.4 Å². The fraction of sp³-hybridized carbons (Fsp3) is 0.172. The molecule has 3 aromatic carbocycles. The van der Waals surface area contributed by atoms with Crippen molar-refractivity contribution in [3.05, 3.63) is 113 Å². The zero-order chi connectivity index (χ0) is 26.3. The van der Waals surface area contributed by atoms with Gasteiger partial charge in [0.15, 0.2) is 5.13 Å². The fourth-order valence-corrected chi connectivity index (χ4v) is 7.18. The first-order chi connectivity index (χ1) is 18.4. The molecule has 5 aromatic rings. The quantitative estimate of drug-likeness (QED) is 0.271. The highest BCUT2D eigenvalue weighted by molar-refractivity contribution is 7.89. The number of fused-ring (bicyclic) bond motifs is 2. The highest BCUT2D eigenvalue weighted by atomic mass is 32.2. The standard InChI is InChI=1S/C29H25N3O4S2/c1-20-6-4-10-26-27(20)30-29(37-26)32(19-24-9-5-17-36-24)28(33)22-11-13-25(14-12-22)38(34,35)31-16-15-21-7-2-3-8-23(21)18-31/h2-14,17H,15-16,18-19H2,1H3. The fourth-order valence-electron chi connectivity index (χ4n) is 4.72. The van der Waals surface area contributed by atoms with E-state index >= 15 is 0 Å². The predicted molar refractivity (Wildman–Crippen MR) is 148 cm³/mol. The summed E-state index contributed by atoms with van der Waals surface area (Å²) in [7, 11) is -3.70. The second kappa shape index (κ2) is 9.83. The average Bonchev–Trinajstić information content (AvgIpc) is 3.62. The average molecular weight is 544 g/mol. The summed E-state index contributed by atoms with van der Waals surface area (Å²) in [5, 5.41) is 0.555. The number of amides is 1. The number of para-hydroxylation sites is 1. The van der Waals surface area contributed by atoms with E-state index in [9.17, 15) is 13.2 Å². The lowest BCUT2D eigenvalue weighted by Crippen LogP contribution is -2.36. The van der Waals surface area contributed by atoms with Crippen LogP contribution in [0.25, 0.3) is 10.2 Å². The number of thiazole rings is 1. The zero-order valence-electron chi connectivity index (χ0n) is 20.7. The highest BCUT2D eigenvalue weighted by Crippen LogP contribution is 2.33. The van der Waals surface area contributed by atoms with Crippen LogP contribution in [0.3, 0.4) is 0 Å². The molecular formula is C29H25N3O4S2. The topological polar surface area (TPSA) is 83.7 Å². The Labute approximate surface area is 225 Å². The van der Waals surface area contributed by atoms with Crippen LogP contribution in [-0.4, -0.2) is 30.2 Å². The minimum absolute atomic E-state index is 0.168. The SMILES string of the molecule is Cc1cccc2sc(N(Cc3ccco3)C(=O)c3ccc(S(=O)(=O)N4CCc5ccccc5C4)cc3)nc12. The van der Waals surface area contributed by atoms with Crippen LogP contribution in [0.4, 0.5) is 5.13 Å². The van der Waals surface area contributed by atoms with Crippen molar-refractivity contribution in [2.75, 3.05) is 11.4 Å². The second-order valence-electron chi connectivity index (χ2n) is 9.27. The number of benzene rings is 3. The molecule has 0 saturated carbocycles. The normalized spacial score (nSPS) is 13.9. The van der Waals surface area contributed by atoms with Crippen LogP contribution in [0.2, 0.25) is 0 Å². The Balaban J connectivity index is 1.29. The van der Waals surface area contributed by atoms with Gasteiger partial charge < -0.3 is 4.42 Å². The maximum Gasteiger partial charge on any atom is 0.260 e. The maximum absolute atomic E-state index is 13.7. The Morgan fingerprint density at radius 2 is 1.79 bits per heavy atom. The Morgan fingerprint density at radius 3 is 2.53 bits per heavy atom. The molecule has 0 saturated heterocycles. The van der Waals surface area contributed by atoms with Crippen molar-refractivity contribution in [1.29, 1.82) is 0 Å². The van der Waals surface area contributed by atoms with Crippen LogP contribution < -0.4 is 4.90 Å². The van der Waals surface area contributed by atoms with Gasteiger partial charge in [-0.3, -0.25) is 9.69 Å². The third kappa shape index (κ3) is 4.53. The van der Waals surface area contributed by atoms with Gasteiger partial charge in [-0.05, 0) is 72.5 Å². The molecule has 0 fully saturated rings. The molecule has 9 heteroatoms. The van der Waals surface area contributed by atoms with Crippen molar-refractivity contribution in [3.63, 3.8) is 0 Å². The van der Waals surface area contributed by atoms with Crippen LogP contribution in [0, 0.1) is 6.92 Å². The summed E-state index contributed by atoms with van der Waals surface area (Å²) in [5.74, 6) is 0.341. The summed E-state index contributed by atoms with van der Waals surface area (Å²) < 4.78 is 34.8. The molecule has 38 heavy (non-hydrogen) atoms. The molecule has 0 N–H and O–H groups in total. The predicted octanol–water partition coefficient (Wildman–Crippen LogP) is 5.79. The summed E-state index contributed by atoms with van der Waals surface area (Å²) >= 11 is 1.43. The van der Waals surface area contributed by atoms with Crippen molar-refractivity contribution in [1.82, 2.24) is 9.29 Å². The molecule has 0 bridgehead atoms. The van der Waals surface area contributed by atoms with Gasteiger partial charge in [0.25, 0.3) is 5.91 Å². The van der Waals surface area contributed by atoms with Gasteiger partial charge in [0, 0.05) is 18.7 Å². The molecule has 0 unspecified atom stereocenters. The highest BCUT2D eigenvalue weighted by Gasteiger charge is 2.29. The molecular weight excluding hydrogens is 518 g/mol. The first-order valence-electron chi connectivity index (χ1n) is 12.3. The molecule has 0 atom stereocenters. The minimum atomic E-state index is -3.70. The van der Waals surface area contributed by atoms with E-state index in [1.165, 1.54) is 33.3 Å². The molecule has 3 heterocycles. The third-order valence-corrected chi connectivity index (χ3v) is 9.72. The van der Waals surface area contributed by atoms with Gasteiger partial charge in [0.1, 0.15) is 5.76 Å². The third-order valence-electron chi connectivity index (χ3n) is 6.81. The molecule has 1 aliphatic rings. The van der Waals surface area contributed by atoms with Gasteiger partial charge in [-0.15, -0.1) is 0 Å². The summed E-state index contributed by atoms with van der Waals surface area (Å²) in [5.41, 5.74) is 4.46. The van der Waals surface area contributed by atoms with E-state index in [-0.39, 0.29) is 17.3 Å². The summed E-state index contributed by atoms with van der Waals surface area (Å²) in [6.07, 6.45) is 2.24. The van der Waals surface area contributed by atoms with E-state index in [4.69, 9.17) is 9.40 Å². The molecule has 1 aliphatic heterocycles. The van der Waals surface area contributed by atoms with E-state index in [0.29, 0.717) is 36.0 Å². The number of carbonyl (C=O) groups excluding carboxylic acids is 1. The van der Waals surface area contributed by atoms with Gasteiger partial charge in [0.05, 0.1) is 27.9 Å². The molecule has 7 nitrogen and oxygen atoms in total. The molecule has 0 radical (unpaired) electrons. The monoisotopic (exact) mass is 543 g/mol. The molecule has 0 aliphatic carbocycles. The number of carbonyl (C=O) groups is 1. The Morgan fingerprint density at radius 1 is 1.00 bits per heavy atom. The van der Waals surface area contributed by atoms with Crippen LogP contribution >= 0.6 is 11.3 Å². The van der Waals surface area contributed by atoms with Crippen molar-refractivity contribution >= 4 is 42.6 Å². The zero-order valence-corrected chi connectivity index (χ0v) is 22.3. The smallest absolute Gasteiger partial charge is 0.260 e. The number of nitrogens with zero attached hydrogens (tertiary/aromatic N) is 3. The van der Waals surface area contributed by atoms with E-state index in [1.54, 1.807) is 29.4 Å². The summed E-state index contributed by atoms with van der Waals surface area (Å²) in [6, 6.07) is 23.6. The van der Waals surface area contributed by atoms with Gasteiger partial charge in [-0.1, -0.05) is 47.7 Å². The number of aromatic nitrogens is 1. The van der Waals surface area contributed by atoms with Crippen molar-refractivity contribution in [2.24, 2.45) is 0 Å². The second-order valence-corrected chi connectivity index (χ2v) is 12.2. The number of rotatable bonds is 6. The maximum atomic E-state index is 13.7. The molecule has 1 amide bonds. The first-order valence-corrected chi connectivity index (χ1v) is 14.5. The summed E-state index contributed by atoms with van der Waals surface area (Å²) in [6.45, 7) is 2.96. The van der Waals surface area contributed by atoms with Crippen molar-refractivity contribution < 1.29 is 17.6 Å². The largest absolute Gasteiger partial charge is 0.467 e. The van der Waals surface area contributed by atoms with E-state index in [1.807, 2.05) is 55.5 Å². The van der Waals surface area contributed by atoms with E-state index < -0.39 is 10.0 Å². The van der Waals surface area contributed by atoms with Gasteiger partial charge >= 0.3 is 0 Å². The Kier molecular flexibility index (Phi) is 6.35. The minimum Gasteiger partial charge on any atom is -0.467 e. The number of sulfonamides is 1. The lowest BCUT2D eigenvalue weighted by atomic mass is 10.0. The Bertz CT molecular complexity index is 1730. The molecule has 192 valence electrons. The molecule has 6 rings (SSSR count). The molecule has 0 spiro atoms. The number of furan rings is 1. The van der Waals surface area contributed by atoms with Crippen molar-refractivity contribution in [3.8, 4) is 0 Å². The number of hydrogen-bond acceptors (Lipinski definition) is 6. The van der Waals surface area contributed by atoms with Crippen LogP contribution in [0.15, 0.2) is 94.4 Å². The van der Waals surface area contributed by atoms with Crippen LogP contribution in [0.5, 0.6) is 0 Å². The van der Waals surface area contributed by atoms with Crippen LogP contribution in [-0.2, 0) is 29.5 Å². The first kappa shape index (κ1) is 24.5. The lowest BCUT2D eigenvalue weighted by Gasteiger charge is -2.28. The van der Waals surface area contributed by atoms with E-state index in [2.05, 4.69) is 0 Å². The Hall–Kier alpha value is -3.79. The van der Waals surface area contributed by atoms with Crippen molar-refractivity contribution in [2.45, 2.75) is 31.3 Å². The van der Waals surface area contributed by atoms with Gasteiger partial charge in [0.2, 0.25) is 10.0 Å². The molecule has 2 aromatic heterocycles. The number of anilines is 1. The number of hydrogen-bond donors (Lipinski definition) is 0. The number of aryl methyl sites for hydroxylation is 1. The van der Waals surface area contributed by atoms with E-state index in [0.717, 1.165) is 21.3 Å². The summed E-state index contributed by atoms with van der Waals surface area (Å²) in [4.78, 5) is 20.2. The van der Waals surface area contributed by atoms with Gasteiger partial charge in [-0.2, -0.15) is 4.31 Å².